The van der Waals surface area contributed by atoms with Crippen LogP contribution in [0.15, 0.2) is 18.2 Å². The Morgan fingerprint density at radius 3 is 2.76 bits per heavy atom. The highest BCUT2D eigenvalue weighted by Gasteiger charge is 2.34. The van der Waals surface area contributed by atoms with Crippen LogP contribution in [-0.4, -0.2) is 40.9 Å². The second-order valence-corrected chi connectivity index (χ2v) is 5.72. The summed E-state index contributed by atoms with van der Waals surface area (Å²) in [4.78, 5) is 24.7. The molecule has 0 spiro atoms. The average Bonchev–Trinajstić information content (AvgIpc) is 3.19. The van der Waals surface area contributed by atoms with Gasteiger partial charge in [0.25, 0.3) is 11.6 Å². The molecule has 1 aliphatic heterocycles. The maximum Gasteiger partial charge on any atom is 0.292 e. The third kappa shape index (κ3) is 2.97. The summed E-state index contributed by atoms with van der Waals surface area (Å²) in [5.41, 5.74) is 5.81. The fraction of sp³-hybridized carbons (Fsp3) is 0.500. The molecule has 3 N–H and O–H groups in total. The minimum absolute atomic E-state index is 0.0127. The molecule has 2 fully saturated rings. The zero-order chi connectivity index (χ0) is 15.0. The van der Waals surface area contributed by atoms with Gasteiger partial charge in [0, 0.05) is 36.8 Å². The third-order valence-corrected chi connectivity index (χ3v) is 4.10. The third-order valence-electron chi connectivity index (χ3n) is 4.10. The van der Waals surface area contributed by atoms with E-state index < -0.39 is 4.92 Å². The number of nitrogen functional groups attached to an aromatic ring is 1. The Hall–Kier alpha value is -2.15. The first-order valence-corrected chi connectivity index (χ1v) is 7.13. The standard InChI is InChI=1S/C14H18N4O3/c15-12-7-9(1-4-13(12)18(20)21)14(19)16-10-5-6-17(8-10)11-2-3-11/h1,4,7,10-11H,2-3,5-6,8,15H2,(H,16,19). The van der Waals surface area contributed by atoms with Crippen molar-refractivity contribution < 1.29 is 9.72 Å². The van der Waals surface area contributed by atoms with E-state index in [-0.39, 0.29) is 23.3 Å². The molecular formula is C14H18N4O3. The van der Waals surface area contributed by atoms with Gasteiger partial charge in [-0.15, -0.1) is 0 Å². The number of hydrogen-bond acceptors (Lipinski definition) is 5. The second kappa shape index (κ2) is 5.33. The normalized spacial score (nSPS) is 22.2. The summed E-state index contributed by atoms with van der Waals surface area (Å²) in [6, 6.07) is 4.94. The van der Waals surface area contributed by atoms with Crippen molar-refractivity contribution in [3.63, 3.8) is 0 Å². The van der Waals surface area contributed by atoms with Gasteiger partial charge >= 0.3 is 0 Å². The summed E-state index contributed by atoms with van der Waals surface area (Å²) in [7, 11) is 0. The number of carbonyl (C=O) groups is 1. The van der Waals surface area contributed by atoms with Crippen molar-refractivity contribution in [3.05, 3.63) is 33.9 Å². The number of hydrogen-bond donors (Lipinski definition) is 2. The van der Waals surface area contributed by atoms with Crippen molar-refractivity contribution in [1.82, 2.24) is 10.2 Å². The van der Waals surface area contributed by atoms with Crippen molar-refractivity contribution in [2.45, 2.75) is 31.3 Å². The molecule has 1 amide bonds. The molecule has 1 atom stereocenters. The van der Waals surface area contributed by atoms with E-state index in [2.05, 4.69) is 10.2 Å². The number of nitro benzene ring substituents is 1. The van der Waals surface area contributed by atoms with Crippen molar-refractivity contribution >= 4 is 17.3 Å². The Labute approximate surface area is 122 Å². The molecule has 2 aliphatic rings. The van der Waals surface area contributed by atoms with E-state index in [0.717, 1.165) is 19.5 Å². The largest absolute Gasteiger partial charge is 0.393 e. The van der Waals surface area contributed by atoms with Gasteiger partial charge in [-0.3, -0.25) is 19.8 Å². The minimum atomic E-state index is -0.554. The Bertz CT molecular complexity index is 586. The molecule has 0 aromatic heterocycles. The molecule has 1 saturated heterocycles. The number of nitrogens with one attached hydrogen (secondary N) is 1. The summed E-state index contributed by atoms with van der Waals surface area (Å²) < 4.78 is 0. The molecule has 0 bridgehead atoms. The van der Waals surface area contributed by atoms with E-state index in [0.29, 0.717) is 11.6 Å². The van der Waals surface area contributed by atoms with E-state index in [1.54, 1.807) is 0 Å². The van der Waals surface area contributed by atoms with Crippen LogP contribution in [0, 0.1) is 10.1 Å². The van der Waals surface area contributed by atoms with E-state index in [1.165, 1.54) is 31.0 Å². The Balaban J connectivity index is 1.62. The van der Waals surface area contributed by atoms with Gasteiger partial charge in [-0.25, -0.2) is 0 Å². The van der Waals surface area contributed by atoms with Crippen molar-refractivity contribution in [2.24, 2.45) is 0 Å². The summed E-state index contributed by atoms with van der Waals surface area (Å²) in [5, 5.41) is 13.7. The van der Waals surface area contributed by atoms with Crippen LogP contribution in [-0.2, 0) is 0 Å². The SMILES string of the molecule is Nc1cc(C(=O)NC2CCN(C3CC3)C2)ccc1[N+](=O)[O-]. The summed E-state index contributed by atoms with van der Waals surface area (Å²) in [6.45, 7) is 1.91. The Morgan fingerprint density at radius 1 is 1.38 bits per heavy atom. The van der Waals surface area contributed by atoms with Crippen molar-refractivity contribution in [1.29, 1.82) is 0 Å². The number of amides is 1. The lowest BCUT2D eigenvalue weighted by Crippen LogP contribution is -2.37. The smallest absolute Gasteiger partial charge is 0.292 e. The number of rotatable bonds is 4. The fourth-order valence-corrected chi connectivity index (χ4v) is 2.81. The molecule has 1 aromatic rings. The van der Waals surface area contributed by atoms with Gasteiger partial charge in [0.05, 0.1) is 4.92 Å². The van der Waals surface area contributed by atoms with Crippen molar-refractivity contribution in [2.75, 3.05) is 18.8 Å². The molecule has 3 rings (SSSR count). The van der Waals surface area contributed by atoms with Gasteiger partial charge in [-0.05, 0) is 31.4 Å². The highest BCUT2D eigenvalue weighted by atomic mass is 16.6. The van der Waals surface area contributed by atoms with E-state index in [9.17, 15) is 14.9 Å². The van der Waals surface area contributed by atoms with Gasteiger partial charge in [-0.1, -0.05) is 0 Å². The lowest BCUT2D eigenvalue weighted by molar-refractivity contribution is -0.383. The molecule has 1 aromatic carbocycles. The molecule has 1 heterocycles. The molecular weight excluding hydrogens is 272 g/mol. The quantitative estimate of drug-likeness (QED) is 0.492. The first-order chi connectivity index (χ1) is 10.0. The van der Waals surface area contributed by atoms with Gasteiger partial charge in [0.15, 0.2) is 0 Å². The topological polar surface area (TPSA) is 102 Å². The number of anilines is 1. The Kier molecular flexibility index (Phi) is 3.50. The lowest BCUT2D eigenvalue weighted by Gasteiger charge is -2.15. The first-order valence-electron chi connectivity index (χ1n) is 7.13. The summed E-state index contributed by atoms with van der Waals surface area (Å²) in [6.07, 6.45) is 3.48. The van der Waals surface area contributed by atoms with E-state index in [1.807, 2.05) is 0 Å². The maximum atomic E-state index is 12.2. The fourth-order valence-electron chi connectivity index (χ4n) is 2.81. The summed E-state index contributed by atoms with van der Waals surface area (Å²) in [5.74, 6) is -0.223. The molecule has 1 aliphatic carbocycles. The average molecular weight is 290 g/mol. The number of carbonyl (C=O) groups excluding carboxylic acids is 1. The zero-order valence-electron chi connectivity index (χ0n) is 11.6. The van der Waals surface area contributed by atoms with E-state index >= 15 is 0 Å². The van der Waals surface area contributed by atoms with Crippen LogP contribution in [0.25, 0.3) is 0 Å². The highest BCUT2D eigenvalue weighted by molar-refractivity contribution is 5.96. The van der Waals surface area contributed by atoms with E-state index in [4.69, 9.17) is 5.73 Å². The van der Waals surface area contributed by atoms with Crippen LogP contribution >= 0.6 is 0 Å². The van der Waals surface area contributed by atoms with Crippen molar-refractivity contribution in [3.8, 4) is 0 Å². The number of nitrogens with zero attached hydrogens (tertiary/aromatic N) is 2. The monoisotopic (exact) mass is 290 g/mol. The predicted molar refractivity (Wildman–Crippen MR) is 78.0 cm³/mol. The minimum Gasteiger partial charge on any atom is -0.393 e. The molecule has 112 valence electrons. The molecule has 21 heavy (non-hydrogen) atoms. The van der Waals surface area contributed by atoms with Gasteiger partial charge in [0.2, 0.25) is 0 Å². The molecule has 1 saturated carbocycles. The number of nitrogens with two attached hydrogens (primary N) is 1. The zero-order valence-corrected chi connectivity index (χ0v) is 11.6. The van der Waals surface area contributed by atoms with Gasteiger partial charge in [0.1, 0.15) is 5.69 Å². The van der Waals surface area contributed by atoms with Crippen LogP contribution in [0.4, 0.5) is 11.4 Å². The second-order valence-electron chi connectivity index (χ2n) is 5.72. The van der Waals surface area contributed by atoms with Crippen LogP contribution in [0.5, 0.6) is 0 Å². The lowest BCUT2D eigenvalue weighted by atomic mass is 10.1. The van der Waals surface area contributed by atoms with Crippen LogP contribution in [0.3, 0.4) is 0 Å². The highest BCUT2D eigenvalue weighted by Crippen LogP contribution is 2.30. The molecule has 7 nitrogen and oxygen atoms in total. The molecule has 1 unspecified atom stereocenters. The first kappa shape index (κ1) is 13.8. The van der Waals surface area contributed by atoms with Crippen LogP contribution in [0.2, 0.25) is 0 Å². The Morgan fingerprint density at radius 2 is 2.14 bits per heavy atom. The van der Waals surface area contributed by atoms with Crippen LogP contribution < -0.4 is 11.1 Å². The van der Waals surface area contributed by atoms with Crippen LogP contribution in [0.1, 0.15) is 29.6 Å². The predicted octanol–water partition coefficient (Wildman–Crippen LogP) is 1.14. The van der Waals surface area contributed by atoms with Gasteiger partial charge in [-0.2, -0.15) is 0 Å². The van der Waals surface area contributed by atoms with Gasteiger partial charge < -0.3 is 11.1 Å². The molecule has 0 radical (unpaired) electrons. The summed E-state index contributed by atoms with van der Waals surface area (Å²) >= 11 is 0. The number of nitro groups is 1. The number of benzene rings is 1. The molecule has 7 heteroatoms. The number of likely N-dealkylation sites (tertiary alicyclic amines) is 1. The maximum absolute atomic E-state index is 12.2.